The van der Waals surface area contributed by atoms with Crippen molar-refractivity contribution >= 4 is 21.7 Å². The van der Waals surface area contributed by atoms with Crippen molar-refractivity contribution < 1.29 is 21.6 Å². The first-order valence-corrected chi connectivity index (χ1v) is 6.47. The highest BCUT2D eigenvalue weighted by Crippen LogP contribution is 2.23. The molecule has 0 bridgehead atoms. The second-order valence-corrected chi connectivity index (χ2v) is 5.33. The van der Waals surface area contributed by atoms with Crippen LogP contribution in [0.3, 0.4) is 0 Å². The van der Waals surface area contributed by atoms with Gasteiger partial charge >= 0.3 is 6.01 Å². The Balaban J connectivity index is 2.45. The minimum Gasteiger partial charge on any atom is -0.431 e. The molecule has 3 N–H and O–H groups in total. The SMILES string of the molecule is Cc1coc(NS(=O)(=O)c2c(F)cc(N)cc2F)n1. The van der Waals surface area contributed by atoms with Gasteiger partial charge < -0.3 is 10.2 Å². The number of halogens is 2. The Labute approximate surface area is 107 Å². The summed E-state index contributed by atoms with van der Waals surface area (Å²) in [5.74, 6) is -2.60. The molecule has 0 fully saturated rings. The van der Waals surface area contributed by atoms with Crippen molar-refractivity contribution in [3.05, 3.63) is 35.7 Å². The maximum Gasteiger partial charge on any atom is 0.309 e. The number of benzene rings is 1. The van der Waals surface area contributed by atoms with Crippen LogP contribution in [0.1, 0.15) is 5.69 Å². The normalized spacial score (nSPS) is 11.5. The first kappa shape index (κ1) is 13.3. The van der Waals surface area contributed by atoms with Crippen molar-refractivity contribution in [3.63, 3.8) is 0 Å². The lowest BCUT2D eigenvalue weighted by Crippen LogP contribution is -2.17. The summed E-state index contributed by atoms with van der Waals surface area (Å²) in [6.45, 7) is 1.56. The summed E-state index contributed by atoms with van der Waals surface area (Å²) in [5, 5.41) is 0. The Morgan fingerprint density at radius 3 is 2.37 bits per heavy atom. The number of rotatable bonds is 3. The molecule has 19 heavy (non-hydrogen) atoms. The van der Waals surface area contributed by atoms with Crippen LogP contribution in [0.5, 0.6) is 0 Å². The number of aromatic nitrogens is 1. The fraction of sp³-hybridized carbons (Fsp3) is 0.100. The van der Waals surface area contributed by atoms with Gasteiger partial charge in [-0.05, 0) is 19.1 Å². The molecule has 2 aromatic rings. The summed E-state index contributed by atoms with van der Waals surface area (Å²) >= 11 is 0. The van der Waals surface area contributed by atoms with Gasteiger partial charge in [-0.2, -0.15) is 4.98 Å². The van der Waals surface area contributed by atoms with Gasteiger partial charge in [0.15, 0.2) is 4.90 Å². The number of anilines is 2. The van der Waals surface area contributed by atoms with Crippen LogP contribution in [0.15, 0.2) is 27.7 Å². The highest BCUT2D eigenvalue weighted by molar-refractivity contribution is 7.92. The Hall–Kier alpha value is -2.16. The van der Waals surface area contributed by atoms with E-state index in [1.54, 1.807) is 6.92 Å². The number of hydrogen-bond acceptors (Lipinski definition) is 5. The topological polar surface area (TPSA) is 98.2 Å². The molecule has 0 atom stereocenters. The maximum absolute atomic E-state index is 13.5. The third-order valence-electron chi connectivity index (χ3n) is 2.13. The van der Waals surface area contributed by atoms with Crippen molar-refractivity contribution in [2.45, 2.75) is 11.8 Å². The van der Waals surface area contributed by atoms with E-state index in [2.05, 4.69) is 4.98 Å². The van der Waals surface area contributed by atoms with Crippen molar-refractivity contribution in [3.8, 4) is 0 Å². The molecule has 0 saturated heterocycles. The molecule has 0 radical (unpaired) electrons. The van der Waals surface area contributed by atoms with Gasteiger partial charge in [0.05, 0.1) is 5.69 Å². The zero-order chi connectivity index (χ0) is 14.2. The van der Waals surface area contributed by atoms with Crippen LogP contribution < -0.4 is 10.5 Å². The third-order valence-corrected chi connectivity index (χ3v) is 3.50. The zero-order valence-electron chi connectivity index (χ0n) is 9.65. The van der Waals surface area contributed by atoms with Gasteiger partial charge in [0.1, 0.15) is 17.9 Å². The van der Waals surface area contributed by atoms with E-state index in [4.69, 9.17) is 10.2 Å². The molecule has 0 amide bonds. The van der Waals surface area contributed by atoms with E-state index in [9.17, 15) is 17.2 Å². The number of oxazole rings is 1. The van der Waals surface area contributed by atoms with E-state index in [0.717, 1.165) is 0 Å². The van der Waals surface area contributed by atoms with Gasteiger partial charge in [-0.15, -0.1) is 0 Å². The minimum absolute atomic E-state index is 0.221. The molecular formula is C10H9F2N3O3S. The standard InChI is InChI=1S/C10H9F2N3O3S/c1-5-4-18-10(14-5)15-19(16,17)9-7(11)2-6(13)3-8(9)12/h2-4H,13H2,1H3,(H,14,15). The highest BCUT2D eigenvalue weighted by Gasteiger charge is 2.26. The lowest BCUT2D eigenvalue weighted by molar-refractivity contribution is 0.520. The summed E-state index contributed by atoms with van der Waals surface area (Å²) in [4.78, 5) is 2.53. The molecule has 1 aromatic carbocycles. The molecule has 0 saturated carbocycles. The summed E-state index contributed by atoms with van der Waals surface area (Å²) in [6.07, 6.45) is 1.19. The second kappa shape index (κ2) is 4.50. The molecule has 1 aromatic heterocycles. The van der Waals surface area contributed by atoms with Gasteiger partial charge in [0.25, 0.3) is 10.0 Å². The Bertz CT molecular complexity index is 704. The summed E-state index contributed by atoms with van der Waals surface area (Å²) in [5.41, 5.74) is 5.39. The van der Waals surface area contributed by atoms with Crippen LogP contribution in [0.4, 0.5) is 20.5 Å². The highest BCUT2D eigenvalue weighted by atomic mass is 32.2. The molecular weight excluding hydrogens is 280 g/mol. The average Bonchev–Trinajstić information content (AvgIpc) is 2.60. The molecule has 0 spiro atoms. The average molecular weight is 289 g/mol. The second-order valence-electron chi connectivity index (χ2n) is 3.71. The van der Waals surface area contributed by atoms with E-state index in [1.165, 1.54) is 6.26 Å². The molecule has 0 aliphatic carbocycles. The van der Waals surface area contributed by atoms with Gasteiger partial charge in [-0.3, -0.25) is 0 Å². The maximum atomic E-state index is 13.5. The van der Waals surface area contributed by atoms with E-state index < -0.39 is 26.6 Å². The van der Waals surface area contributed by atoms with Gasteiger partial charge in [0, 0.05) is 5.69 Å². The predicted octanol–water partition coefficient (Wildman–Crippen LogP) is 1.64. The Kier molecular flexibility index (Phi) is 3.14. The molecule has 0 aliphatic rings. The van der Waals surface area contributed by atoms with E-state index in [1.807, 2.05) is 4.72 Å². The fourth-order valence-electron chi connectivity index (χ4n) is 1.40. The molecule has 0 unspecified atom stereocenters. The van der Waals surface area contributed by atoms with Crippen LogP contribution in [-0.4, -0.2) is 13.4 Å². The van der Waals surface area contributed by atoms with Crippen LogP contribution in [0.2, 0.25) is 0 Å². The van der Waals surface area contributed by atoms with Crippen molar-refractivity contribution in [2.24, 2.45) is 0 Å². The van der Waals surface area contributed by atoms with E-state index in [-0.39, 0.29) is 11.7 Å². The fourth-order valence-corrected chi connectivity index (χ4v) is 2.46. The van der Waals surface area contributed by atoms with Crippen LogP contribution >= 0.6 is 0 Å². The number of nitrogens with zero attached hydrogens (tertiary/aromatic N) is 1. The first-order chi connectivity index (χ1) is 8.79. The number of nitrogen functional groups attached to an aromatic ring is 1. The third kappa shape index (κ3) is 2.65. The number of nitrogens with two attached hydrogens (primary N) is 1. The molecule has 0 aliphatic heterocycles. The van der Waals surface area contributed by atoms with E-state index >= 15 is 0 Å². The summed E-state index contributed by atoms with van der Waals surface area (Å²) in [6, 6.07) is 1.03. The largest absolute Gasteiger partial charge is 0.431 e. The number of hydrogen-bond donors (Lipinski definition) is 2. The quantitative estimate of drug-likeness (QED) is 0.837. The molecule has 2 rings (SSSR count). The van der Waals surface area contributed by atoms with Gasteiger partial charge in [-0.25, -0.2) is 21.9 Å². The summed E-state index contributed by atoms with van der Waals surface area (Å²) < 4.78 is 57.3. The number of sulfonamides is 1. The van der Waals surface area contributed by atoms with Crippen molar-refractivity contribution in [1.82, 2.24) is 4.98 Å². The number of aryl methyl sites for hydroxylation is 1. The molecule has 9 heteroatoms. The molecule has 102 valence electrons. The molecule has 6 nitrogen and oxygen atoms in total. The van der Waals surface area contributed by atoms with Crippen molar-refractivity contribution in [1.29, 1.82) is 0 Å². The van der Waals surface area contributed by atoms with Gasteiger partial charge in [0.2, 0.25) is 0 Å². The summed E-state index contributed by atoms with van der Waals surface area (Å²) in [7, 11) is -4.49. The molecule has 1 heterocycles. The van der Waals surface area contributed by atoms with Crippen LogP contribution in [0.25, 0.3) is 0 Å². The van der Waals surface area contributed by atoms with E-state index in [0.29, 0.717) is 17.8 Å². The number of nitrogens with one attached hydrogen (secondary N) is 1. The smallest absolute Gasteiger partial charge is 0.309 e. The Morgan fingerprint density at radius 2 is 1.89 bits per heavy atom. The van der Waals surface area contributed by atoms with Crippen LogP contribution in [0, 0.1) is 18.6 Å². The predicted molar refractivity (Wildman–Crippen MR) is 62.8 cm³/mol. The zero-order valence-corrected chi connectivity index (χ0v) is 10.5. The lowest BCUT2D eigenvalue weighted by atomic mass is 10.3. The Morgan fingerprint density at radius 1 is 1.32 bits per heavy atom. The lowest BCUT2D eigenvalue weighted by Gasteiger charge is -2.07. The minimum atomic E-state index is -4.49. The van der Waals surface area contributed by atoms with Crippen molar-refractivity contribution in [2.75, 3.05) is 10.5 Å². The van der Waals surface area contributed by atoms with Gasteiger partial charge in [-0.1, -0.05) is 0 Å². The van der Waals surface area contributed by atoms with Crippen LogP contribution in [-0.2, 0) is 10.0 Å². The monoisotopic (exact) mass is 289 g/mol. The first-order valence-electron chi connectivity index (χ1n) is 4.99.